The van der Waals surface area contributed by atoms with Gasteiger partial charge < -0.3 is 16.0 Å². The Balaban J connectivity index is 1.83. The molecule has 0 spiro atoms. The lowest BCUT2D eigenvalue weighted by Crippen LogP contribution is -2.21. The van der Waals surface area contributed by atoms with Crippen molar-refractivity contribution in [3.63, 3.8) is 0 Å². The van der Waals surface area contributed by atoms with Gasteiger partial charge in [-0.3, -0.25) is 10.4 Å². The molecule has 5 nitrogen and oxygen atoms in total. The molecule has 0 bridgehead atoms. The lowest BCUT2D eigenvalue weighted by atomic mass is 9.97. The molecule has 0 aliphatic carbocycles. The number of anilines is 2. The Bertz CT molecular complexity index is 1080. The van der Waals surface area contributed by atoms with Gasteiger partial charge in [-0.15, -0.1) is 0 Å². The largest absolute Gasteiger partial charge is 0.398 e. The molecule has 2 aromatic carbocycles. The first-order valence-corrected chi connectivity index (χ1v) is 10.1. The molecule has 6 heteroatoms. The molecule has 0 aliphatic rings. The lowest BCUT2D eigenvalue weighted by Gasteiger charge is -2.23. The fourth-order valence-corrected chi connectivity index (χ4v) is 3.48. The van der Waals surface area contributed by atoms with E-state index in [1.54, 1.807) is 24.5 Å². The number of nitrogens with two attached hydrogens (primary N) is 1. The molecular formula is C25H28FN5. The molecule has 4 N–H and O–H groups in total. The Morgan fingerprint density at radius 3 is 2.61 bits per heavy atom. The topological polar surface area (TPSA) is 78.0 Å². The molecule has 0 aliphatic heterocycles. The van der Waals surface area contributed by atoms with Gasteiger partial charge in [0.2, 0.25) is 0 Å². The van der Waals surface area contributed by atoms with Crippen molar-refractivity contribution in [2.24, 2.45) is 0 Å². The first kappa shape index (κ1) is 22.0. The summed E-state index contributed by atoms with van der Waals surface area (Å²) in [5.74, 6) is -0.232. The predicted molar refractivity (Wildman–Crippen MR) is 126 cm³/mol. The number of aryl methyl sites for hydroxylation is 1. The highest BCUT2D eigenvalue weighted by Gasteiger charge is 2.15. The van der Waals surface area contributed by atoms with E-state index in [0.717, 1.165) is 41.0 Å². The van der Waals surface area contributed by atoms with Crippen LogP contribution in [-0.4, -0.2) is 29.2 Å². The highest BCUT2D eigenvalue weighted by Crippen LogP contribution is 2.27. The van der Waals surface area contributed by atoms with E-state index in [-0.39, 0.29) is 5.82 Å². The Kier molecular flexibility index (Phi) is 7.03. The third kappa shape index (κ3) is 5.48. The number of nitrogens with zero attached hydrogens (tertiary/aromatic N) is 2. The maximum Gasteiger partial charge on any atom is 0.123 e. The highest BCUT2D eigenvalue weighted by atomic mass is 19.1. The number of aromatic nitrogens is 1. The van der Waals surface area contributed by atoms with Crippen LogP contribution < -0.4 is 11.1 Å². The summed E-state index contributed by atoms with van der Waals surface area (Å²) in [5, 5.41) is 11.9. The van der Waals surface area contributed by atoms with Crippen molar-refractivity contribution in [2.75, 3.05) is 24.6 Å². The minimum atomic E-state index is -0.232. The van der Waals surface area contributed by atoms with Crippen LogP contribution in [0.2, 0.25) is 0 Å². The van der Waals surface area contributed by atoms with E-state index >= 15 is 0 Å². The molecule has 0 fully saturated rings. The van der Waals surface area contributed by atoms with Crippen LogP contribution in [0.4, 0.5) is 15.8 Å². The van der Waals surface area contributed by atoms with Crippen LogP contribution in [0.3, 0.4) is 0 Å². The average Bonchev–Trinajstić information content (AvgIpc) is 2.77. The van der Waals surface area contributed by atoms with Crippen molar-refractivity contribution in [1.29, 1.82) is 5.41 Å². The number of rotatable bonds is 9. The van der Waals surface area contributed by atoms with E-state index < -0.39 is 0 Å². The summed E-state index contributed by atoms with van der Waals surface area (Å²) in [6.45, 7) is 7.19. The van der Waals surface area contributed by atoms with Gasteiger partial charge in [0.1, 0.15) is 5.82 Å². The zero-order valence-corrected chi connectivity index (χ0v) is 18.0. The van der Waals surface area contributed by atoms with Crippen molar-refractivity contribution in [3.8, 4) is 0 Å². The van der Waals surface area contributed by atoms with Crippen molar-refractivity contribution in [3.05, 3.63) is 101 Å². The number of hydrogen-bond donors (Lipinski definition) is 3. The van der Waals surface area contributed by atoms with E-state index in [4.69, 9.17) is 11.1 Å². The predicted octanol–water partition coefficient (Wildman–Crippen LogP) is 4.76. The van der Waals surface area contributed by atoms with Gasteiger partial charge in [0.15, 0.2) is 0 Å². The zero-order chi connectivity index (χ0) is 22.4. The molecule has 1 heterocycles. The first-order chi connectivity index (χ1) is 14.9. The van der Waals surface area contributed by atoms with Crippen molar-refractivity contribution in [2.45, 2.75) is 19.9 Å². The Morgan fingerprint density at radius 1 is 1.23 bits per heavy atom. The van der Waals surface area contributed by atoms with Crippen LogP contribution in [0, 0.1) is 18.2 Å². The number of nitrogens with one attached hydrogen (secondary N) is 2. The lowest BCUT2D eigenvalue weighted by molar-refractivity contribution is 0.375. The van der Waals surface area contributed by atoms with Crippen molar-refractivity contribution in [1.82, 2.24) is 9.88 Å². The molecule has 0 unspecified atom stereocenters. The molecule has 31 heavy (non-hydrogen) atoms. The Labute approximate surface area is 182 Å². The molecule has 0 saturated heterocycles. The summed E-state index contributed by atoms with van der Waals surface area (Å²) in [5.41, 5.74) is 12.5. The maximum atomic E-state index is 13.1. The van der Waals surface area contributed by atoms with Gasteiger partial charge >= 0.3 is 0 Å². The third-order valence-electron chi connectivity index (χ3n) is 5.23. The number of pyridine rings is 1. The average molecular weight is 418 g/mol. The molecule has 160 valence electrons. The normalized spacial score (nSPS) is 10.5. The van der Waals surface area contributed by atoms with E-state index in [2.05, 4.69) is 21.8 Å². The van der Waals surface area contributed by atoms with Gasteiger partial charge in [0.05, 0.1) is 5.71 Å². The summed E-state index contributed by atoms with van der Waals surface area (Å²) in [6, 6.07) is 14.1. The maximum absolute atomic E-state index is 13.1. The van der Waals surface area contributed by atoms with Gasteiger partial charge in [0.25, 0.3) is 0 Å². The SMILES string of the molecule is C=CN(CCc1ccc(F)cc1)Cc1cc(C(=N)c2ccnc(C)c2)c(N)cc1NC. The van der Waals surface area contributed by atoms with Gasteiger partial charge in [-0.1, -0.05) is 18.7 Å². The fourth-order valence-electron chi connectivity index (χ4n) is 3.48. The molecule has 0 saturated carbocycles. The van der Waals surface area contributed by atoms with Gasteiger partial charge in [-0.25, -0.2) is 4.39 Å². The number of nitrogen functional groups attached to an aromatic ring is 1. The minimum absolute atomic E-state index is 0.232. The van der Waals surface area contributed by atoms with Crippen LogP contribution >= 0.6 is 0 Å². The second-order valence-electron chi connectivity index (χ2n) is 7.44. The van der Waals surface area contributed by atoms with E-state index in [1.165, 1.54) is 12.1 Å². The van der Waals surface area contributed by atoms with Gasteiger partial charge in [-0.05, 0) is 67.1 Å². The zero-order valence-electron chi connectivity index (χ0n) is 18.0. The molecule has 1 aromatic heterocycles. The standard InChI is InChI=1S/C25H28FN5/c1-4-31(12-10-18-5-7-21(26)8-6-18)16-20-14-22(23(27)15-24(20)29-3)25(28)19-9-11-30-17(2)13-19/h4-9,11,13-15,28-29H,1,10,12,16,27H2,2-3H3. The second-order valence-corrected chi connectivity index (χ2v) is 7.44. The molecule has 0 radical (unpaired) electrons. The van der Waals surface area contributed by atoms with Crippen LogP contribution in [0.1, 0.15) is 27.9 Å². The van der Waals surface area contributed by atoms with Crippen molar-refractivity contribution < 1.29 is 4.39 Å². The van der Waals surface area contributed by atoms with Crippen LogP contribution in [0.25, 0.3) is 0 Å². The monoisotopic (exact) mass is 417 g/mol. The Morgan fingerprint density at radius 2 is 1.97 bits per heavy atom. The van der Waals surface area contributed by atoms with Crippen LogP contribution in [0.15, 0.2) is 67.5 Å². The molecule has 3 rings (SSSR count). The molecule has 0 atom stereocenters. The number of benzene rings is 2. The van der Waals surface area contributed by atoms with E-state index in [0.29, 0.717) is 23.5 Å². The quantitative estimate of drug-likeness (QED) is 0.347. The fraction of sp³-hybridized carbons (Fsp3) is 0.200. The summed E-state index contributed by atoms with van der Waals surface area (Å²) < 4.78 is 13.1. The second kappa shape index (κ2) is 9.89. The molecular weight excluding hydrogens is 389 g/mol. The van der Waals surface area contributed by atoms with Crippen molar-refractivity contribution >= 4 is 17.1 Å². The molecule has 3 aromatic rings. The number of halogens is 1. The summed E-state index contributed by atoms with van der Waals surface area (Å²) in [7, 11) is 1.85. The minimum Gasteiger partial charge on any atom is -0.398 e. The Hall–Kier alpha value is -3.67. The first-order valence-electron chi connectivity index (χ1n) is 10.1. The smallest absolute Gasteiger partial charge is 0.123 e. The van der Waals surface area contributed by atoms with Crippen LogP contribution in [-0.2, 0) is 13.0 Å². The molecule has 0 amide bonds. The number of hydrogen-bond acceptors (Lipinski definition) is 5. The van der Waals surface area contributed by atoms with Gasteiger partial charge in [-0.2, -0.15) is 0 Å². The summed E-state index contributed by atoms with van der Waals surface area (Å²) in [4.78, 5) is 6.30. The van der Waals surface area contributed by atoms with E-state index in [1.807, 2.05) is 38.2 Å². The van der Waals surface area contributed by atoms with E-state index in [9.17, 15) is 4.39 Å². The summed E-state index contributed by atoms with van der Waals surface area (Å²) in [6.07, 6.45) is 4.28. The highest BCUT2D eigenvalue weighted by molar-refractivity contribution is 6.14. The summed E-state index contributed by atoms with van der Waals surface area (Å²) >= 11 is 0. The van der Waals surface area contributed by atoms with Gasteiger partial charge in [0, 0.05) is 54.5 Å². The third-order valence-corrected chi connectivity index (χ3v) is 5.23. The van der Waals surface area contributed by atoms with Crippen LogP contribution in [0.5, 0.6) is 0 Å².